The first-order chi connectivity index (χ1) is 13.2. The minimum absolute atomic E-state index is 0.131. The van der Waals surface area contributed by atoms with Gasteiger partial charge in [-0.05, 0) is 48.4 Å². The second-order valence-electron chi connectivity index (χ2n) is 6.05. The molecule has 0 saturated carbocycles. The predicted molar refractivity (Wildman–Crippen MR) is 102 cm³/mol. The van der Waals surface area contributed by atoms with Gasteiger partial charge in [0.2, 0.25) is 0 Å². The van der Waals surface area contributed by atoms with Crippen LogP contribution in [0.1, 0.15) is 23.4 Å². The summed E-state index contributed by atoms with van der Waals surface area (Å²) in [5, 5.41) is 17.2. The molecular formula is C19H16ClN5O2. The van der Waals surface area contributed by atoms with E-state index in [-0.39, 0.29) is 5.91 Å². The van der Waals surface area contributed by atoms with E-state index in [1.54, 1.807) is 12.1 Å². The van der Waals surface area contributed by atoms with Crippen molar-refractivity contribution in [2.45, 2.75) is 12.8 Å². The van der Waals surface area contributed by atoms with Gasteiger partial charge in [0.1, 0.15) is 5.75 Å². The van der Waals surface area contributed by atoms with Crippen LogP contribution in [-0.2, 0) is 11.2 Å². The fraction of sp³-hybridized carbons (Fsp3) is 0.158. The molecule has 136 valence electrons. The van der Waals surface area contributed by atoms with E-state index in [2.05, 4.69) is 25.9 Å². The molecule has 27 heavy (non-hydrogen) atoms. The lowest BCUT2D eigenvalue weighted by Crippen LogP contribution is -2.03. The first-order valence-electron chi connectivity index (χ1n) is 8.47. The fourth-order valence-electron chi connectivity index (χ4n) is 2.84. The Labute approximate surface area is 160 Å². The molecule has 0 atom stereocenters. The summed E-state index contributed by atoms with van der Waals surface area (Å²) in [4.78, 5) is 12.2. The third-order valence-corrected chi connectivity index (χ3v) is 4.39. The lowest BCUT2D eigenvalue weighted by atomic mass is 10.0. The van der Waals surface area contributed by atoms with Gasteiger partial charge in [0.25, 0.3) is 5.91 Å². The zero-order valence-corrected chi connectivity index (χ0v) is 15.0. The number of nitrogens with one attached hydrogen (secondary N) is 2. The van der Waals surface area contributed by atoms with Crippen molar-refractivity contribution in [2.24, 2.45) is 0 Å². The second-order valence-corrected chi connectivity index (χ2v) is 6.49. The molecule has 3 aromatic rings. The molecule has 1 aliphatic heterocycles. The van der Waals surface area contributed by atoms with Gasteiger partial charge in [-0.25, -0.2) is 0 Å². The lowest BCUT2D eigenvalue weighted by Gasteiger charge is -2.06. The molecule has 2 aromatic carbocycles. The molecule has 0 saturated heterocycles. The molecule has 2 heterocycles. The lowest BCUT2D eigenvalue weighted by molar-refractivity contribution is -0.110. The minimum Gasteiger partial charge on any atom is -0.494 e. The van der Waals surface area contributed by atoms with Gasteiger partial charge >= 0.3 is 0 Å². The van der Waals surface area contributed by atoms with Crippen molar-refractivity contribution in [1.29, 1.82) is 0 Å². The summed E-state index contributed by atoms with van der Waals surface area (Å²) in [5.41, 5.74) is 3.10. The third kappa shape index (κ3) is 3.98. The van der Waals surface area contributed by atoms with E-state index in [0.29, 0.717) is 29.4 Å². The standard InChI is InChI=1S/C19H16ClN5O2/c20-13-5-8-17-15(11-13)16(19(26)21-17)10-12-3-6-14(7-4-12)27-9-1-2-18-22-24-25-23-18/h3-8,10-11H,1-2,9H2,(H,21,26)(H,22,23,24,25)/b16-10-. The van der Waals surface area contributed by atoms with Crippen LogP contribution in [0.3, 0.4) is 0 Å². The van der Waals surface area contributed by atoms with Gasteiger partial charge in [0.15, 0.2) is 5.82 Å². The zero-order chi connectivity index (χ0) is 18.6. The highest BCUT2D eigenvalue weighted by Crippen LogP contribution is 2.35. The molecule has 4 rings (SSSR count). The first-order valence-corrected chi connectivity index (χ1v) is 8.85. The number of tetrazole rings is 1. The summed E-state index contributed by atoms with van der Waals surface area (Å²) >= 11 is 6.06. The topological polar surface area (TPSA) is 92.8 Å². The molecule has 0 radical (unpaired) electrons. The zero-order valence-electron chi connectivity index (χ0n) is 14.3. The Kier molecular flexibility index (Phi) is 4.84. The van der Waals surface area contributed by atoms with Gasteiger partial charge in [0, 0.05) is 28.3 Å². The van der Waals surface area contributed by atoms with Crippen LogP contribution in [0.25, 0.3) is 11.6 Å². The summed E-state index contributed by atoms with van der Waals surface area (Å²) < 4.78 is 5.72. The molecule has 0 unspecified atom stereocenters. The number of ether oxygens (including phenoxy) is 1. The number of benzene rings is 2. The maximum atomic E-state index is 12.2. The number of nitrogens with zero attached hydrogens (tertiary/aromatic N) is 3. The second kappa shape index (κ2) is 7.59. The van der Waals surface area contributed by atoms with Crippen molar-refractivity contribution in [3.63, 3.8) is 0 Å². The highest BCUT2D eigenvalue weighted by molar-refractivity contribution is 6.36. The van der Waals surface area contributed by atoms with Gasteiger partial charge in [-0.15, -0.1) is 10.2 Å². The number of carbonyl (C=O) groups is 1. The number of H-pyrrole nitrogens is 1. The van der Waals surface area contributed by atoms with Crippen LogP contribution in [0.15, 0.2) is 42.5 Å². The number of aryl methyl sites for hydroxylation is 1. The Morgan fingerprint density at radius 1 is 1.15 bits per heavy atom. The number of carbonyl (C=O) groups excluding carboxylic acids is 1. The number of aromatic nitrogens is 4. The van der Waals surface area contributed by atoms with Crippen molar-refractivity contribution in [3.05, 3.63) is 64.4 Å². The molecule has 8 heteroatoms. The van der Waals surface area contributed by atoms with Crippen LogP contribution in [0.5, 0.6) is 5.75 Å². The van der Waals surface area contributed by atoms with Gasteiger partial charge in [-0.3, -0.25) is 4.79 Å². The Morgan fingerprint density at radius 3 is 2.78 bits per heavy atom. The quantitative estimate of drug-likeness (QED) is 0.504. The highest BCUT2D eigenvalue weighted by Gasteiger charge is 2.24. The number of hydrogen-bond acceptors (Lipinski definition) is 5. The van der Waals surface area contributed by atoms with Crippen molar-refractivity contribution in [2.75, 3.05) is 11.9 Å². The molecule has 1 aromatic heterocycles. The third-order valence-electron chi connectivity index (χ3n) is 4.16. The van der Waals surface area contributed by atoms with Gasteiger partial charge in [-0.2, -0.15) is 5.21 Å². The van der Waals surface area contributed by atoms with Crippen molar-refractivity contribution in [3.8, 4) is 5.75 Å². The molecule has 1 aliphatic rings. The molecule has 1 amide bonds. The maximum absolute atomic E-state index is 12.2. The van der Waals surface area contributed by atoms with Crippen LogP contribution >= 0.6 is 11.6 Å². The molecule has 7 nitrogen and oxygen atoms in total. The SMILES string of the molecule is O=C1Nc2ccc(Cl)cc2/C1=C/c1ccc(OCCCc2nn[nH]n2)cc1. The van der Waals surface area contributed by atoms with E-state index in [4.69, 9.17) is 16.3 Å². The highest BCUT2D eigenvalue weighted by atomic mass is 35.5. The predicted octanol–water partition coefficient (Wildman–Crippen LogP) is 3.36. The monoisotopic (exact) mass is 381 g/mol. The Balaban J connectivity index is 1.40. The Hall–Kier alpha value is -3.19. The van der Waals surface area contributed by atoms with Crippen LogP contribution in [0.4, 0.5) is 5.69 Å². The normalized spacial score (nSPS) is 14.3. The molecule has 2 N–H and O–H groups in total. The smallest absolute Gasteiger partial charge is 0.256 e. The number of fused-ring (bicyclic) bond motifs is 1. The van der Waals surface area contributed by atoms with E-state index in [1.807, 2.05) is 36.4 Å². The Bertz CT molecular complexity index is 984. The van der Waals surface area contributed by atoms with Crippen molar-refractivity contribution >= 4 is 34.8 Å². The van der Waals surface area contributed by atoms with Crippen LogP contribution in [0.2, 0.25) is 5.02 Å². The van der Waals surface area contributed by atoms with E-state index in [1.165, 1.54) is 0 Å². The number of hydrogen-bond donors (Lipinski definition) is 2. The summed E-state index contributed by atoms with van der Waals surface area (Å²) in [6.07, 6.45) is 3.35. The average Bonchev–Trinajstić information content (AvgIpc) is 3.29. The minimum atomic E-state index is -0.131. The number of aromatic amines is 1. The first kappa shape index (κ1) is 17.2. The fourth-order valence-corrected chi connectivity index (χ4v) is 3.01. The molecular weight excluding hydrogens is 366 g/mol. The maximum Gasteiger partial charge on any atom is 0.256 e. The van der Waals surface area contributed by atoms with Crippen molar-refractivity contribution < 1.29 is 9.53 Å². The van der Waals surface area contributed by atoms with E-state index in [0.717, 1.165) is 29.0 Å². The van der Waals surface area contributed by atoms with E-state index in [9.17, 15) is 4.79 Å². The van der Waals surface area contributed by atoms with Crippen LogP contribution < -0.4 is 10.1 Å². The summed E-state index contributed by atoms with van der Waals surface area (Å²) in [5.74, 6) is 1.31. The number of rotatable bonds is 6. The largest absolute Gasteiger partial charge is 0.494 e. The summed E-state index contributed by atoms with van der Waals surface area (Å²) in [6, 6.07) is 13.0. The molecule has 0 spiro atoms. The van der Waals surface area contributed by atoms with E-state index >= 15 is 0 Å². The molecule has 0 fully saturated rings. The van der Waals surface area contributed by atoms with Crippen LogP contribution in [-0.4, -0.2) is 33.1 Å². The van der Waals surface area contributed by atoms with Gasteiger partial charge in [-0.1, -0.05) is 28.9 Å². The number of amides is 1. The molecule has 0 aliphatic carbocycles. The summed E-state index contributed by atoms with van der Waals surface area (Å²) in [7, 11) is 0. The van der Waals surface area contributed by atoms with Gasteiger partial charge < -0.3 is 10.1 Å². The summed E-state index contributed by atoms with van der Waals surface area (Å²) in [6.45, 7) is 0.559. The van der Waals surface area contributed by atoms with Gasteiger partial charge in [0.05, 0.1) is 6.61 Å². The van der Waals surface area contributed by atoms with Crippen LogP contribution in [0, 0.1) is 0 Å². The van der Waals surface area contributed by atoms with E-state index < -0.39 is 0 Å². The Morgan fingerprint density at radius 2 is 2.00 bits per heavy atom. The average molecular weight is 382 g/mol. The van der Waals surface area contributed by atoms with Crippen molar-refractivity contribution in [1.82, 2.24) is 20.6 Å². The number of halogens is 1. The molecule has 0 bridgehead atoms. The number of anilines is 1.